The van der Waals surface area contributed by atoms with Crippen molar-refractivity contribution in [3.63, 3.8) is 0 Å². The van der Waals surface area contributed by atoms with Crippen LogP contribution in [-0.4, -0.2) is 22.0 Å². The molecule has 1 aliphatic rings. The molecular formula is C13H18N2O3S. The minimum absolute atomic E-state index is 0.0177. The van der Waals surface area contributed by atoms with Crippen LogP contribution in [0.25, 0.3) is 0 Å². The van der Waals surface area contributed by atoms with Crippen LogP contribution in [0.5, 0.6) is 0 Å². The van der Waals surface area contributed by atoms with Crippen molar-refractivity contribution in [2.45, 2.75) is 45.6 Å². The third kappa shape index (κ3) is 3.76. The maximum Gasteiger partial charge on any atom is 0.347 e. The van der Waals surface area contributed by atoms with E-state index in [9.17, 15) is 9.59 Å². The van der Waals surface area contributed by atoms with Crippen LogP contribution >= 0.6 is 11.3 Å². The molecule has 1 atom stereocenters. The van der Waals surface area contributed by atoms with E-state index in [4.69, 9.17) is 5.11 Å². The van der Waals surface area contributed by atoms with Crippen molar-refractivity contribution in [1.29, 1.82) is 0 Å². The zero-order valence-electron chi connectivity index (χ0n) is 11.1. The van der Waals surface area contributed by atoms with E-state index >= 15 is 0 Å². The predicted octanol–water partition coefficient (Wildman–Crippen LogP) is 2.52. The number of nitrogens with one attached hydrogen (secondary N) is 1. The molecule has 0 spiro atoms. The number of aryl methyl sites for hydroxylation is 1. The summed E-state index contributed by atoms with van der Waals surface area (Å²) in [7, 11) is 0. The van der Waals surface area contributed by atoms with Crippen LogP contribution in [-0.2, 0) is 4.79 Å². The Bertz CT molecular complexity index is 494. The molecule has 0 radical (unpaired) electrons. The number of aromatic carboxylic acids is 1. The Kier molecular flexibility index (Phi) is 4.19. The number of rotatable bonds is 6. The molecule has 0 saturated heterocycles. The Morgan fingerprint density at radius 1 is 1.53 bits per heavy atom. The van der Waals surface area contributed by atoms with Gasteiger partial charge in [-0.15, -0.1) is 11.3 Å². The van der Waals surface area contributed by atoms with E-state index in [2.05, 4.69) is 10.3 Å². The fourth-order valence-corrected chi connectivity index (χ4v) is 2.83. The van der Waals surface area contributed by atoms with Gasteiger partial charge >= 0.3 is 5.97 Å². The fraction of sp³-hybridized carbons (Fsp3) is 0.615. The summed E-state index contributed by atoms with van der Waals surface area (Å²) in [5.41, 5.74) is 0.506. The van der Waals surface area contributed by atoms with Crippen molar-refractivity contribution >= 4 is 23.2 Å². The first-order chi connectivity index (χ1) is 8.97. The Morgan fingerprint density at radius 2 is 2.21 bits per heavy atom. The van der Waals surface area contributed by atoms with Crippen molar-refractivity contribution < 1.29 is 14.7 Å². The Hall–Kier alpha value is -1.43. The van der Waals surface area contributed by atoms with Gasteiger partial charge in [-0.05, 0) is 26.2 Å². The predicted molar refractivity (Wildman–Crippen MR) is 72.3 cm³/mol. The minimum atomic E-state index is -0.964. The number of amides is 1. The summed E-state index contributed by atoms with van der Waals surface area (Å²) in [4.78, 5) is 27.1. The minimum Gasteiger partial charge on any atom is -0.477 e. The van der Waals surface area contributed by atoms with Crippen molar-refractivity contribution in [1.82, 2.24) is 10.3 Å². The molecular weight excluding hydrogens is 264 g/mol. The van der Waals surface area contributed by atoms with Gasteiger partial charge in [-0.25, -0.2) is 9.78 Å². The first-order valence-corrected chi connectivity index (χ1v) is 7.29. The highest BCUT2D eigenvalue weighted by Gasteiger charge is 2.23. The van der Waals surface area contributed by atoms with E-state index < -0.39 is 5.97 Å². The molecule has 1 heterocycles. The van der Waals surface area contributed by atoms with Gasteiger partial charge in [-0.1, -0.05) is 12.8 Å². The van der Waals surface area contributed by atoms with Gasteiger partial charge < -0.3 is 10.4 Å². The van der Waals surface area contributed by atoms with Crippen LogP contribution in [0.2, 0.25) is 0 Å². The Balaban J connectivity index is 1.90. The third-order valence-corrected chi connectivity index (χ3v) is 4.56. The average Bonchev–Trinajstić information content (AvgIpc) is 3.08. The van der Waals surface area contributed by atoms with Crippen LogP contribution in [0.15, 0.2) is 0 Å². The van der Waals surface area contributed by atoms with Crippen LogP contribution in [0.1, 0.15) is 59.0 Å². The number of carbonyl (C=O) groups excluding carboxylic acids is 1. The molecule has 2 N–H and O–H groups in total. The number of thiazole rings is 1. The van der Waals surface area contributed by atoms with Crippen LogP contribution in [0.4, 0.5) is 0 Å². The highest BCUT2D eigenvalue weighted by Crippen LogP contribution is 2.33. The largest absolute Gasteiger partial charge is 0.477 e. The summed E-state index contributed by atoms with van der Waals surface area (Å²) in [6.45, 7) is 3.50. The van der Waals surface area contributed by atoms with Gasteiger partial charge in [0.05, 0.1) is 11.7 Å². The van der Waals surface area contributed by atoms with Crippen LogP contribution in [0, 0.1) is 12.8 Å². The standard InChI is InChI=1S/C13H18N2O3S/c1-7-11(13(17)18)19-12(15-7)8(2)14-10(16)6-5-9-3-4-9/h8-9H,3-6H2,1-2H3,(H,14,16)(H,17,18). The molecule has 1 amide bonds. The maximum absolute atomic E-state index is 11.7. The number of hydrogen-bond acceptors (Lipinski definition) is 4. The van der Waals surface area contributed by atoms with Gasteiger partial charge in [0.1, 0.15) is 9.88 Å². The van der Waals surface area contributed by atoms with Crippen molar-refractivity contribution in [2.24, 2.45) is 5.92 Å². The summed E-state index contributed by atoms with van der Waals surface area (Å²) in [6, 6.07) is -0.233. The van der Waals surface area contributed by atoms with Gasteiger partial charge in [0.25, 0.3) is 0 Å². The molecule has 104 valence electrons. The van der Waals surface area contributed by atoms with Gasteiger partial charge in [-0.2, -0.15) is 0 Å². The zero-order valence-corrected chi connectivity index (χ0v) is 11.9. The molecule has 1 aliphatic carbocycles. The van der Waals surface area contributed by atoms with E-state index in [1.165, 1.54) is 12.8 Å². The summed E-state index contributed by atoms with van der Waals surface area (Å²) in [5.74, 6) is -0.209. The molecule has 19 heavy (non-hydrogen) atoms. The normalized spacial score (nSPS) is 16.1. The Labute approximate surface area is 116 Å². The lowest BCUT2D eigenvalue weighted by atomic mass is 10.2. The summed E-state index contributed by atoms with van der Waals surface area (Å²) < 4.78 is 0. The second-order valence-corrected chi connectivity index (χ2v) is 6.07. The molecule has 0 bridgehead atoms. The second-order valence-electron chi connectivity index (χ2n) is 5.04. The quantitative estimate of drug-likeness (QED) is 0.840. The van der Waals surface area contributed by atoms with E-state index in [1.54, 1.807) is 6.92 Å². The average molecular weight is 282 g/mol. The van der Waals surface area contributed by atoms with Crippen molar-refractivity contribution in [3.05, 3.63) is 15.6 Å². The molecule has 0 aliphatic heterocycles. The fourth-order valence-electron chi connectivity index (χ4n) is 1.92. The number of carboxylic acid groups (broad SMARTS) is 1. The smallest absolute Gasteiger partial charge is 0.347 e. The molecule has 1 saturated carbocycles. The van der Waals surface area contributed by atoms with Gasteiger partial charge in [0, 0.05) is 6.42 Å². The topological polar surface area (TPSA) is 79.3 Å². The lowest BCUT2D eigenvalue weighted by molar-refractivity contribution is -0.121. The molecule has 0 aromatic carbocycles. The molecule has 2 rings (SSSR count). The molecule has 1 aromatic rings. The number of hydrogen-bond donors (Lipinski definition) is 2. The highest BCUT2D eigenvalue weighted by atomic mass is 32.1. The molecule has 1 aromatic heterocycles. The second kappa shape index (κ2) is 5.69. The van der Waals surface area contributed by atoms with Gasteiger partial charge in [-0.3, -0.25) is 4.79 Å². The molecule has 1 fully saturated rings. The first kappa shape index (κ1) is 14.0. The monoisotopic (exact) mass is 282 g/mol. The van der Waals surface area contributed by atoms with E-state index in [-0.39, 0.29) is 16.8 Å². The highest BCUT2D eigenvalue weighted by molar-refractivity contribution is 7.13. The van der Waals surface area contributed by atoms with E-state index in [0.29, 0.717) is 17.1 Å². The van der Waals surface area contributed by atoms with Gasteiger partial charge in [0.2, 0.25) is 5.91 Å². The molecule has 1 unspecified atom stereocenters. The lowest BCUT2D eigenvalue weighted by Gasteiger charge is -2.10. The summed E-state index contributed by atoms with van der Waals surface area (Å²) in [6.07, 6.45) is 3.99. The van der Waals surface area contributed by atoms with Gasteiger partial charge in [0.15, 0.2) is 0 Å². The van der Waals surface area contributed by atoms with Crippen LogP contribution in [0.3, 0.4) is 0 Å². The lowest BCUT2D eigenvalue weighted by Crippen LogP contribution is -2.26. The number of carbonyl (C=O) groups is 2. The maximum atomic E-state index is 11.7. The first-order valence-electron chi connectivity index (χ1n) is 6.47. The summed E-state index contributed by atoms with van der Waals surface area (Å²) >= 11 is 1.13. The number of nitrogens with zero attached hydrogens (tertiary/aromatic N) is 1. The third-order valence-electron chi connectivity index (χ3n) is 3.23. The zero-order chi connectivity index (χ0) is 14.0. The molecule has 5 nitrogen and oxygen atoms in total. The van der Waals surface area contributed by atoms with E-state index in [1.807, 2.05) is 6.92 Å². The summed E-state index contributed by atoms with van der Waals surface area (Å²) in [5, 5.41) is 12.5. The van der Waals surface area contributed by atoms with Crippen LogP contribution < -0.4 is 5.32 Å². The molecule has 6 heteroatoms. The van der Waals surface area contributed by atoms with Crippen molar-refractivity contribution in [2.75, 3.05) is 0 Å². The number of carboxylic acids is 1. The SMILES string of the molecule is Cc1nc(C(C)NC(=O)CCC2CC2)sc1C(=O)O. The Morgan fingerprint density at radius 3 is 2.74 bits per heavy atom. The van der Waals surface area contributed by atoms with Crippen molar-refractivity contribution in [3.8, 4) is 0 Å². The number of aromatic nitrogens is 1. The van der Waals surface area contributed by atoms with E-state index in [0.717, 1.165) is 23.7 Å².